The second-order valence-corrected chi connectivity index (χ2v) is 2.44. The third kappa shape index (κ3) is 2.47. The summed E-state index contributed by atoms with van der Waals surface area (Å²) >= 11 is 0. The van der Waals surface area contributed by atoms with Crippen molar-refractivity contribution in [3.8, 4) is 0 Å². The Hall–Kier alpha value is -1.15. The highest BCUT2D eigenvalue weighted by molar-refractivity contribution is 5.49. The topological polar surface area (TPSA) is 20.2 Å². The van der Waals surface area contributed by atoms with E-state index in [0.717, 1.165) is 0 Å². The summed E-state index contributed by atoms with van der Waals surface area (Å²) in [4.78, 5) is 0. The van der Waals surface area contributed by atoms with Crippen LogP contribution in [-0.4, -0.2) is 11.7 Å². The van der Waals surface area contributed by atoms with Gasteiger partial charge in [0.15, 0.2) is 0 Å². The Morgan fingerprint density at radius 1 is 1.33 bits per heavy atom. The first-order valence-electron chi connectivity index (χ1n) is 3.86. The van der Waals surface area contributed by atoms with E-state index < -0.39 is 0 Å². The van der Waals surface area contributed by atoms with Gasteiger partial charge in [0.25, 0.3) is 0 Å². The third-order valence-electron chi connectivity index (χ3n) is 1.50. The quantitative estimate of drug-likeness (QED) is 0.730. The molecule has 1 aromatic carbocycles. The molecule has 0 aliphatic rings. The molecule has 0 bridgehead atoms. The normalized spacial score (nSPS) is 10.8. The molecule has 2 heteroatoms. The minimum atomic E-state index is -0.230. The number of rotatable bonds is 3. The molecule has 1 aromatic rings. The number of hydrogen-bond donors (Lipinski definition) is 1. The van der Waals surface area contributed by atoms with Gasteiger partial charge >= 0.3 is 0 Å². The molecule has 0 amide bonds. The Balaban J connectivity index is 2.68. The zero-order valence-electron chi connectivity index (χ0n) is 6.70. The average Bonchev–Trinajstić information content (AvgIpc) is 2.09. The molecule has 64 valence electrons. The van der Waals surface area contributed by atoms with Crippen LogP contribution in [0.15, 0.2) is 30.3 Å². The Labute approximate surface area is 71.2 Å². The molecule has 0 saturated heterocycles. The molecule has 1 N–H and O–H groups in total. The fourth-order valence-electron chi connectivity index (χ4n) is 0.895. The SMILES string of the molecule is OCCC=Cc1ccccc1F. The van der Waals surface area contributed by atoms with Gasteiger partial charge in [0.1, 0.15) is 5.82 Å². The molecule has 0 aromatic heterocycles. The fourth-order valence-corrected chi connectivity index (χ4v) is 0.895. The largest absolute Gasteiger partial charge is 0.396 e. The van der Waals surface area contributed by atoms with Gasteiger partial charge in [-0.05, 0) is 12.5 Å². The average molecular weight is 166 g/mol. The minimum Gasteiger partial charge on any atom is -0.396 e. The first-order chi connectivity index (χ1) is 5.84. The van der Waals surface area contributed by atoms with Crippen molar-refractivity contribution in [3.05, 3.63) is 41.7 Å². The van der Waals surface area contributed by atoms with Gasteiger partial charge in [-0.15, -0.1) is 0 Å². The van der Waals surface area contributed by atoms with E-state index in [4.69, 9.17) is 5.11 Å². The lowest BCUT2D eigenvalue weighted by Gasteiger charge is -1.93. The van der Waals surface area contributed by atoms with E-state index in [2.05, 4.69) is 0 Å². The summed E-state index contributed by atoms with van der Waals surface area (Å²) in [5.74, 6) is -0.230. The Morgan fingerprint density at radius 3 is 2.75 bits per heavy atom. The lowest BCUT2D eigenvalue weighted by Crippen LogP contribution is -1.80. The van der Waals surface area contributed by atoms with Crippen molar-refractivity contribution in [2.75, 3.05) is 6.61 Å². The van der Waals surface area contributed by atoms with Crippen LogP contribution in [0.4, 0.5) is 4.39 Å². The molecule has 0 fully saturated rings. The second-order valence-electron chi connectivity index (χ2n) is 2.44. The predicted octanol–water partition coefficient (Wildman–Crippen LogP) is 2.22. The van der Waals surface area contributed by atoms with Crippen LogP contribution in [0, 0.1) is 5.82 Å². The summed E-state index contributed by atoms with van der Waals surface area (Å²) in [6, 6.07) is 6.54. The number of aliphatic hydroxyl groups excluding tert-OH is 1. The molecular formula is C10H11FO. The van der Waals surface area contributed by atoms with Crippen molar-refractivity contribution in [3.63, 3.8) is 0 Å². The van der Waals surface area contributed by atoms with E-state index in [1.165, 1.54) is 6.07 Å². The van der Waals surface area contributed by atoms with E-state index in [9.17, 15) is 4.39 Å². The molecule has 0 spiro atoms. The number of benzene rings is 1. The third-order valence-corrected chi connectivity index (χ3v) is 1.50. The summed E-state index contributed by atoms with van der Waals surface area (Å²) in [6.45, 7) is 0.102. The molecular weight excluding hydrogens is 155 g/mol. The summed E-state index contributed by atoms with van der Waals surface area (Å²) in [6.07, 6.45) is 3.98. The molecule has 12 heavy (non-hydrogen) atoms. The van der Waals surface area contributed by atoms with Crippen molar-refractivity contribution < 1.29 is 9.50 Å². The van der Waals surface area contributed by atoms with Gasteiger partial charge in [-0.3, -0.25) is 0 Å². The van der Waals surface area contributed by atoms with Crippen LogP contribution in [0.3, 0.4) is 0 Å². The van der Waals surface area contributed by atoms with Crippen molar-refractivity contribution in [1.29, 1.82) is 0 Å². The summed E-state index contributed by atoms with van der Waals surface area (Å²) in [7, 11) is 0. The Kier molecular flexibility index (Phi) is 3.48. The van der Waals surface area contributed by atoms with Gasteiger partial charge in [-0.25, -0.2) is 4.39 Å². The van der Waals surface area contributed by atoms with Crippen molar-refractivity contribution in [2.24, 2.45) is 0 Å². The molecule has 0 heterocycles. The smallest absolute Gasteiger partial charge is 0.130 e. The van der Waals surface area contributed by atoms with Crippen molar-refractivity contribution >= 4 is 6.08 Å². The van der Waals surface area contributed by atoms with Gasteiger partial charge in [-0.2, -0.15) is 0 Å². The van der Waals surface area contributed by atoms with E-state index in [1.54, 1.807) is 30.4 Å². The highest BCUT2D eigenvalue weighted by atomic mass is 19.1. The minimum absolute atomic E-state index is 0.102. The molecule has 0 radical (unpaired) electrons. The number of halogens is 1. The van der Waals surface area contributed by atoms with Crippen molar-refractivity contribution in [1.82, 2.24) is 0 Å². The van der Waals surface area contributed by atoms with E-state index in [-0.39, 0.29) is 12.4 Å². The summed E-state index contributed by atoms with van der Waals surface area (Å²) in [5.41, 5.74) is 0.561. The van der Waals surface area contributed by atoms with Gasteiger partial charge in [0, 0.05) is 12.2 Å². The standard InChI is InChI=1S/C10H11FO/c11-10-7-2-1-5-9(10)6-3-4-8-12/h1-3,5-7,12H,4,8H2. The van der Waals surface area contributed by atoms with E-state index in [1.807, 2.05) is 0 Å². The number of aliphatic hydroxyl groups is 1. The lowest BCUT2D eigenvalue weighted by atomic mass is 10.2. The maximum atomic E-state index is 12.9. The highest BCUT2D eigenvalue weighted by Crippen LogP contribution is 2.08. The molecule has 0 unspecified atom stereocenters. The van der Waals surface area contributed by atoms with Crippen LogP contribution in [0.1, 0.15) is 12.0 Å². The lowest BCUT2D eigenvalue weighted by molar-refractivity contribution is 0.303. The van der Waals surface area contributed by atoms with Gasteiger partial charge in [-0.1, -0.05) is 30.4 Å². The molecule has 1 rings (SSSR count). The zero-order valence-corrected chi connectivity index (χ0v) is 6.70. The van der Waals surface area contributed by atoms with Crippen LogP contribution in [0.25, 0.3) is 6.08 Å². The monoisotopic (exact) mass is 166 g/mol. The van der Waals surface area contributed by atoms with Crippen LogP contribution < -0.4 is 0 Å². The predicted molar refractivity (Wildman–Crippen MR) is 47.1 cm³/mol. The van der Waals surface area contributed by atoms with Gasteiger partial charge in [0.2, 0.25) is 0 Å². The zero-order chi connectivity index (χ0) is 8.81. The molecule has 0 saturated carbocycles. The van der Waals surface area contributed by atoms with E-state index >= 15 is 0 Å². The first kappa shape index (κ1) is 8.94. The number of hydrogen-bond acceptors (Lipinski definition) is 1. The first-order valence-corrected chi connectivity index (χ1v) is 3.86. The second kappa shape index (κ2) is 4.67. The molecule has 0 aliphatic carbocycles. The van der Waals surface area contributed by atoms with Crippen LogP contribution in [0.5, 0.6) is 0 Å². The van der Waals surface area contributed by atoms with Crippen molar-refractivity contribution in [2.45, 2.75) is 6.42 Å². The molecule has 0 aliphatic heterocycles. The Morgan fingerprint density at radius 2 is 2.08 bits per heavy atom. The van der Waals surface area contributed by atoms with Crippen LogP contribution in [0.2, 0.25) is 0 Å². The highest BCUT2D eigenvalue weighted by Gasteiger charge is 1.93. The van der Waals surface area contributed by atoms with E-state index in [0.29, 0.717) is 12.0 Å². The van der Waals surface area contributed by atoms with Gasteiger partial charge < -0.3 is 5.11 Å². The summed E-state index contributed by atoms with van der Waals surface area (Å²) < 4.78 is 12.9. The fraction of sp³-hybridized carbons (Fsp3) is 0.200. The molecule has 1 nitrogen and oxygen atoms in total. The summed E-state index contributed by atoms with van der Waals surface area (Å²) in [5, 5.41) is 8.47. The Bertz CT molecular complexity index is 268. The van der Waals surface area contributed by atoms with Crippen LogP contribution >= 0.6 is 0 Å². The molecule has 0 atom stereocenters. The maximum Gasteiger partial charge on any atom is 0.130 e. The maximum absolute atomic E-state index is 12.9. The van der Waals surface area contributed by atoms with Gasteiger partial charge in [0.05, 0.1) is 0 Å². The van der Waals surface area contributed by atoms with Crippen LogP contribution in [-0.2, 0) is 0 Å².